The minimum absolute atomic E-state index is 0.0672. The molecule has 6 rings (SSSR count). The van der Waals surface area contributed by atoms with E-state index in [-0.39, 0.29) is 75.7 Å². The summed E-state index contributed by atoms with van der Waals surface area (Å²) >= 11 is 19.5. The molecule has 0 spiro atoms. The van der Waals surface area contributed by atoms with Crippen molar-refractivity contribution in [2.45, 2.75) is 141 Å². The highest BCUT2D eigenvalue weighted by Gasteiger charge is 2.61. The molecule has 0 saturated carbocycles. The van der Waals surface area contributed by atoms with Gasteiger partial charge in [-0.05, 0) is 74.7 Å². The van der Waals surface area contributed by atoms with Crippen molar-refractivity contribution < 1.29 is 52.8 Å². The number of Topliss-reactive ketones (excluding diaryl/α,β-unsaturated/α-hetero) is 2. The first-order valence-corrected chi connectivity index (χ1v) is 28.4. The predicted molar refractivity (Wildman–Crippen MR) is 314 cm³/mol. The third-order valence-corrected chi connectivity index (χ3v) is 17.3. The van der Waals surface area contributed by atoms with Crippen LogP contribution in [0.5, 0.6) is 0 Å². The average molecular weight is 1190 g/mol. The Morgan fingerprint density at radius 1 is 1.06 bits per heavy atom. The normalized spacial score (nSPS) is 30.6. The van der Waals surface area contributed by atoms with Gasteiger partial charge in [-0.2, -0.15) is 0 Å². The number of aryl methyl sites for hydroxylation is 1. The highest BCUT2D eigenvalue weighted by molar-refractivity contribution is 8.00. The van der Waals surface area contributed by atoms with E-state index in [1.54, 1.807) is 59.4 Å². The Morgan fingerprint density at radius 2 is 1.70 bits per heavy atom. The first-order chi connectivity index (χ1) is 37.6. The molecule has 21 nitrogen and oxygen atoms in total. The summed E-state index contributed by atoms with van der Waals surface area (Å²) in [5, 5.41) is 17.1. The van der Waals surface area contributed by atoms with E-state index in [2.05, 4.69) is 48.9 Å². The maximum absolute atomic E-state index is 14.9. The first-order valence-electron chi connectivity index (χ1n) is 26.2. The minimum Gasteiger partial charge on any atom is -0.458 e. The molecule has 7 unspecified atom stereocenters. The predicted octanol–water partition coefficient (Wildman–Crippen LogP) is 7.83. The van der Waals surface area contributed by atoms with E-state index in [9.17, 15) is 29.1 Å². The molecule has 3 aliphatic heterocycles. The van der Waals surface area contributed by atoms with Crippen LogP contribution >= 0.6 is 46.6 Å². The number of ether oxygens (including phenoxy) is 5. The molecule has 3 aromatic rings. The number of anilines is 2. The zero-order chi connectivity index (χ0) is 60.1. The SMILES string of the molecule is C=CN=C.CC[C@H]1OC(=O)C(C)C(=O)[C@H](C)[C@@H](O[C@@H]2OC(C)CC(N(C)C)[C@H]2O)C(C)(OC)C[C@@H](C)C(=O)C(C)C2C(SCCn3cnc4c(N)ncc(C(=O)Nc5c(Cl)cncc5Cl)c43)C(=O)O[C@@]21C.CN=C/C(Cl)=C(\C)NC. The lowest BCUT2D eigenvalue weighted by Crippen LogP contribution is -2.59. The Labute approximate surface area is 488 Å². The van der Waals surface area contributed by atoms with E-state index in [4.69, 9.17) is 64.2 Å². The van der Waals surface area contributed by atoms with Gasteiger partial charge >= 0.3 is 11.9 Å². The van der Waals surface area contributed by atoms with E-state index in [1.165, 1.54) is 56.9 Å². The molecule has 1 amide bonds. The van der Waals surface area contributed by atoms with Gasteiger partial charge in [0.2, 0.25) is 0 Å². The topological polar surface area (TPSA) is 273 Å². The summed E-state index contributed by atoms with van der Waals surface area (Å²) in [6.07, 6.45) is 4.63. The summed E-state index contributed by atoms with van der Waals surface area (Å²) in [5.41, 5.74) is 5.26. The monoisotopic (exact) mass is 1190 g/mol. The highest BCUT2D eigenvalue weighted by atomic mass is 35.5. The molecule has 442 valence electrons. The van der Waals surface area contributed by atoms with Crippen molar-refractivity contribution in [3.05, 3.63) is 64.0 Å². The van der Waals surface area contributed by atoms with Crippen LogP contribution in [0.25, 0.3) is 11.0 Å². The van der Waals surface area contributed by atoms with Crippen molar-refractivity contribution in [3.8, 4) is 0 Å². The zero-order valence-electron chi connectivity index (χ0n) is 48.1. The van der Waals surface area contributed by atoms with Crippen LogP contribution in [0.2, 0.25) is 10.0 Å². The number of nitrogens with one attached hydrogen (secondary N) is 2. The fraction of sp³-hybridized carbons (Fsp3) is 0.600. The van der Waals surface area contributed by atoms with Crippen LogP contribution in [-0.4, -0.2) is 166 Å². The molecule has 3 aromatic heterocycles. The van der Waals surface area contributed by atoms with Crippen LogP contribution in [0.1, 0.15) is 91.9 Å². The van der Waals surface area contributed by atoms with E-state index in [0.29, 0.717) is 17.0 Å². The van der Waals surface area contributed by atoms with Crippen LogP contribution in [0.3, 0.4) is 0 Å². The number of hydrogen-bond acceptors (Lipinski definition) is 20. The largest absolute Gasteiger partial charge is 0.458 e. The number of rotatable bonds is 14. The number of nitrogens with zero attached hydrogens (tertiary/aromatic N) is 7. The number of aliphatic hydroxyl groups excluding tert-OH is 1. The van der Waals surface area contributed by atoms with Gasteiger partial charge in [-0.3, -0.25) is 38.9 Å². The number of esters is 2. The van der Waals surface area contributed by atoms with E-state index in [0.717, 1.165) is 5.70 Å². The number of aliphatic hydroxyl groups is 1. The molecule has 80 heavy (non-hydrogen) atoms. The summed E-state index contributed by atoms with van der Waals surface area (Å²) < 4.78 is 33.1. The number of nitrogen functional groups attached to an aromatic ring is 1. The number of fused-ring (bicyclic) bond motifs is 2. The molecule has 3 saturated heterocycles. The summed E-state index contributed by atoms with van der Waals surface area (Å²) in [7, 11) is 8.68. The minimum atomic E-state index is -1.49. The molecule has 0 aliphatic carbocycles. The number of pyridine rings is 2. The van der Waals surface area contributed by atoms with Gasteiger partial charge in [0.25, 0.3) is 5.91 Å². The molecule has 3 aliphatic rings. The van der Waals surface area contributed by atoms with E-state index < -0.39 is 94.3 Å². The maximum Gasteiger partial charge on any atom is 0.320 e. The number of likely N-dealkylation sites (N-methyl/N-ethyl adjacent to an activating group) is 1. The van der Waals surface area contributed by atoms with Crippen LogP contribution in [0, 0.1) is 29.6 Å². The molecular weight excluding hydrogens is 1120 g/mol. The second-order valence-electron chi connectivity index (χ2n) is 20.7. The number of hydrogen-bond donors (Lipinski definition) is 4. The van der Waals surface area contributed by atoms with Crippen molar-refractivity contribution >= 4 is 111 Å². The molecule has 6 heterocycles. The van der Waals surface area contributed by atoms with Crippen molar-refractivity contribution in [2.24, 2.45) is 39.6 Å². The number of nitrogens with two attached hydrogens (primary N) is 1. The van der Waals surface area contributed by atoms with Gasteiger partial charge < -0.3 is 54.6 Å². The fourth-order valence-electron chi connectivity index (χ4n) is 10.5. The van der Waals surface area contributed by atoms with Crippen molar-refractivity contribution in [1.29, 1.82) is 0 Å². The number of cyclic esters (lactones) is 1. The fourth-order valence-corrected chi connectivity index (χ4v) is 12.6. The van der Waals surface area contributed by atoms with E-state index in [1.807, 2.05) is 39.9 Å². The van der Waals surface area contributed by atoms with Gasteiger partial charge in [0.05, 0.1) is 56.0 Å². The van der Waals surface area contributed by atoms with Crippen LogP contribution in [0.4, 0.5) is 11.5 Å². The number of imidazole rings is 1. The van der Waals surface area contributed by atoms with Gasteiger partial charge in [0.15, 0.2) is 23.5 Å². The third kappa shape index (κ3) is 15.5. The quantitative estimate of drug-likeness (QED) is 0.0680. The standard InChI is InChI=1S/C46H63Cl2N7O11S.C6H11ClN2.C3H5N/c1-12-30-46(8)31(38(43(61)66-46)67-14-13-55-20-52-33-34(55)26(17-51-40(33)49)41(59)53-32-27(47)18-50-19-28(32)48)23(4)35(56)21(2)16-45(7,62-11)39(24(5)36(57)25(6)42(60)64-30)65-44-37(58)29(54(9)10)15-22(3)63-44;1-5(9-3)6(7)4-8-2;1-3-4-2/h17-25,29-31,37-39,44,58H,12-16H2,1-11H3,(H2,49,51)(H,50,53,59);4,9H,1-3H3;3H,1-2H2/b;6-5-,8-4?;/t21-,22?,23?,24+,25?,29?,30-,31?,37-,38?,39-,44+,45?,46-;;/m1../s1. The number of allylic oxidation sites excluding steroid dienone is 2. The molecular formula is C55H79Cl3N10O11S. The van der Waals surface area contributed by atoms with Gasteiger partial charge in [-0.15, -0.1) is 11.8 Å². The Morgan fingerprint density at radius 3 is 2.26 bits per heavy atom. The molecule has 25 heteroatoms. The Bertz CT molecular complexity index is 2740. The number of carbonyl (C=O) groups is 5. The van der Waals surface area contributed by atoms with Gasteiger partial charge in [0, 0.05) is 99.9 Å². The lowest BCUT2D eigenvalue weighted by molar-refractivity contribution is -0.295. The van der Waals surface area contributed by atoms with Gasteiger partial charge in [-0.25, -0.2) is 9.97 Å². The molecule has 0 radical (unpaired) electrons. The third-order valence-electron chi connectivity index (χ3n) is 15.0. The lowest BCUT2D eigenvalue weighted by atomic mass is 9.70. The molecule has 0 bridgehead atoms. The van der Waals surface area contributed by atoms with Crippen molar-refractivity contribution in [2.75, 3.05) is 52.1 Å². The smallest absolute Gasteiger partial charge is 0.320 e. The van der Waals surface area contributed by atoms with Gasteiger partial charge in [-0.1, -0.05) is 69.1 Å². The highest BCUT2D eigenvalue weighted by Crippen LogP contribution is 2.49. The Hall–Kier alpha value is -5.04. The number of aliphatic imine (C=N–C) groups is 2. The molecule has 0 aromatic carbocycles. The average Bonchev–Trinajstić information content (AvgIpc) is 4.20. The summed E-state index contributed by atoms with van der Waals surface area (Å²) in [5.74, 6) is -7.02. The van der Waals surface area contributed by atoms with Crippen LogP contribution in [0.15, 0.2) is 58.4 Å². The number of halogens is 3. The van der Waals surface area contributed by atoms with Crippen molar-refractivity contribution in [3.63, 3.8) is 0 Å². The summed E-state index contributed by atoms with van der Waals surface area (Å²) in [4.78, 5) is 92.8. The maximum atomic E-state index is 14.9. The Kier molecular flexibility index (Phi) is 25.1. The van der Waals surface area contributed by atoms with Crippen LogP contribution < -0.4 is 16.4 Å². The number of ketones is 2. The molecule has 5 N–H and O–H groups in total. The number of methoxy groups -OCH3 is 1. The number of carbonyl (C=O) groups excluding carboxylic acids is 5. The molecule has 3 fully saturated rings. The number of amides is 1. The van der Waals surface area contributed by atoms with Gasteiger partial charge in [0.1, 0.15) is 34.7 Å². The second-order valence-corrected chi connectivity index (χ2v) is 23.2. The first kappa shape index (κ1) is 67.5. The number of thioether (sulfide) groups is 1. The van der Waals surface area contributed by atoms with Crippen LogP contribution in [-0.2, 0) is 49.4 Å². The number of aromatic nitrogens is 4. The summed E-state index contributed by atoms with van der Waals surface area (Å²) in [6, 6.07) is -0.317. The Balaban J connectivity index is 0.000000945. The lowest BCUT2D eigenvalue weighted by Gasteiger charge is -2.47. The van der Waals surface area contributed by atoms with Crippen molar-refractivity contribution in [1.82, 2.24) is 29.7 Å². The second kappa shape index (κ2) is 29.8. The summed E-state index contributed by atoms with van der Waals surface area (Å²) in [6.45, 7) is 22.2. The van der Waals surface area contributed by atoms with E-state index >= 15 is 0 Å². The zero-order valence-corrected chi connectivity index (χ0v) is 51.2. The molecule has 14 atom stereocenters.